The molecule has 124 valence electrons. The van der Waals surface area contributed by atoms with Crippen LogP contribution in [0.15, 0.2) is 24.3 Å². The Kier molecular flexibility index (Phi) is 4.19. The van der Waals surface area contributed by atoms with Crippen molar-refractivity contribution in [3.63, 3.8) is 0 Å². The Labute approximate surface area is 132 Å². The zero-order valence-electron chi connectivity index (χ0n) is 12.9. The summed E-state index contributed by atoms with van der Waals surface area (Å²) in [6, 6.07) is 7.48. The predicted octanol–water partition coefficient (Wildman–Crippen LogP) is 3.93. The lowest BCUT2D eigenvalue weighted by atomic mass is 9.96. The highest BCUT2D eigenvalue weighted by Gasteiger charge is 2.42. The van der Waals surface area contributed by atoms with Gasteiger partial charge in [0.05, 0.1) is 12.5 Å². The number of halogens is 3. The van der Waals surface area contributed by atoms with Crippen LogP contribution in [-0.4, -0.2) is 41.5 Å². The van der Waals surface area contributed by atoms with Crippen LogP contribution in [0.3, 0.4) is 0 Å². The van der Waals surface area contributed by atoms with Crippen LogP contribution >= 0.6 is 0 Å². The second-order valence-corrected chi connectivity index (χ2v) is 6.21. The Bertz CT molecular complexity index is 720. The van der Waals surface area contributed by atoms with Crippen LogP contribution in [0.2, 0.25) is 0 Å². The molecule has 3 nitrogen and oxygen atoms in total. The number of para-hydroxylation sites is 1. The van der Waals surface area contributed by atoms with Crippen LogP contribution in [0, 0.1) is 12.8 Å². The number of aromatic nitrogens is 1. The first-order valence-corrected chi connectivity index (χ1v) is 7.76. The number of nitrogens with one attached hydrogen (secondary N) is 1. The quantitative estimate of drug-likeness (QED) is 0.868. The molecule has 0 saturated carbocycles. The number of rotatable bonds is 3. The maximum Gasteiger partial charge on any atom is 0.393 e. The Morgan fingerprint density at radius 3 is 2.83 bits per heavy atom. The van der Waals surface area contributed by atoms with Gasteiger partial charge in [-0.2, -0.15) is 13.2 Å². The molecule has 0 aliphatic carbocycles. The largest absolute Gasteiger partial charge is 0.393 e. The summed E-state index contributed by atoms with van der Waals surface area (Å²) in [5, 5.41) is 0.833. The minimum Gasteiger partial charge on any atom is -0.358 e. The van der Waals surface area contributed by atoms with Crippen LogP contribution < -0.4 is 0 Å². The molecule has 0 spiro atoms. The van der Waals surface area contributed by atoms with Gasteiger partial charge in [-0.3, -0.25) is 9.69 Å². The Hall–Kier alpha value is -1.82. The van der Waals surface area contributed by atoms with Gasteiger partial charge in [0.1, 0.15) is 0 Å². The highest BCUT2D eigenvalue weighted by atomic mass is 19.4. The molecule has 0 radical (unpaired) electrons. The summed E-state index contributed by atoms with van der Waals surface area (Å²) in [5.74, 6) is -1.45. The fraction of sp³-hybridized carbons (Fsp3) is 0.471. The van der Waals surface area contributed by atoms with Crippen molar-refractivity contribution in [2.75, 3.05) is 19.6 Å². The average Bonchev–Trinajstić information content (AvgIpc) is 2.82. The number of hydrogen-bond donors (Lipinski definition) is 1. The third kappa shape index (κ3) is 3.27. The molecule has 2 heterocycles. The van der Waals surface area contributed by atoms with Crippen molar-refractivity contribution in [3.05, 3.63) is 35.5 Å². The monoisotopic (exact) mass is 324 g/mol. The van der Waals surface area contributed by atoms with Crippen molar-refractivity contribution < 1.29 is 18.0 Å². The second kappa shape index (κ2) is 6.00. The molecule has 1 N–H and O–H groups in total. The van der Waals surface area contributed by atoms with Crippen LogP contribution in [0.1, 0.15) is 28.9 Å². The van der Waals surface area contributed by atoms with Gasteiger partial charge in [-0.15, -0.1) is 0 Å². The molecule has 3 rings (SSSR count). The highest BCUT2D eigenvalue weighted by Crippen LogP contribution is 2.33. The fourth-order valence-electron chi connectivity index (χ4n) is 3.38. The van der Waals surface area contributed by atoms with E-state index >= 15 is 0 Å². The zero-order valence-corrected chi connectivity index (χ0v) is 12.9. The van der Waals surface area contributed by atoms with Crippen LogP contribution in [-0.2, 0) is 0 Å². The number of hydrogen-bond acceptors (Lipinski definition) is 2. The van der Waals surface area contributed by atoms with E-state index in [4.69, 9.17) is 0 Å². The summed E-state index contributed by atoms with van der Waals surface area (Å²) in [4.78, 5) is 17.4. The Balaban J connectivity index is 1.77. The van der Waals surface area contributed by atoms with E-state index in [1.807, 2.05) is 31.2 Å². The molecule has 23 heavy (non-hydrogen) atoms. The number of carbonyl (C=O) groups is 1. The second-order valence-electron chi connectivity index (χ2n) is 6.21. The number of benzene rings is 1. The van der Waals surface area contributed by atoms with Gasteiger partial charge < -0.3 is 4.98 Å². The van der Waals surface area contributed by atoms with Gasteiger partial charge >= 0.3 is 6.18 Å². The van der Waals surface area contributed by atoms with E-state index < -0.39 is 12.1 Å². The van der Waals surface area contributed by atoms with Gasteiger partial charge in [-0.05, 0) is 32.4 Å². The van der Waals surface area contributed by atoms with Gasteiger partial charge in [0.15, 0.2) is 5.78 Å². The summed E-state index contributed by atoms with van der Waals surface area (Å²) in [6.07, 6.45) is -3.55. The number of likely N-dealkylation sites (tertiary alicyclic amines) is 1. The molecule has 1 aliphatic rings. The first-order chi connectivity index (χ1) is 10.9. The smallest absolute Gasteiger partial charge is 0.358 e. The third-order valence-corrected chi connectivity index (χ3v) is 4.51. The SMILES string of the molecule is Cc1[nH]c2ccccc2c1C(=O)CN1CCCC(C(F)(F)F)C1. The van der Waals surface area contributed by atoms with E-state index in [-0.39, 0.29) is 25.3 Å². The molecular formula is C17H19F3N2O. The Morgan fingerprint density at radius 2 is 2.09 bits per heavy atom. The predicted molar refractivity (Wildman–Crippen MR) is 82.6 cm³/mol. The first-order valence-electron chi connectivity index (χ1n) is 7.76. The van der Waals surface area contributed by atoms with Gasteiger partial charge in [0.2, 0.25) is 0 Å². The van der Waals surface area contributed by atoms with Crippen molar-refractivity contribution in [3.8, 4) is 0 Å². The summed E-state index contributed by atoms with van der Waals surface area (Å²) >= 11 is 0. The summed E-state index contributed by atoms with van der Waals surface area (Å²) in [6.45, 7) is 2.31. The molecule has 1 aliphatic heterocycles. The van der Waals surface area contributed by atoms with Crippen molar-refractivity contribution >= 4 is 16.7 Å². The molecule has 0 bridgehead atoms. The van der Waals surface area contributed by atoms with Gasteiger partial charge in [-0.25, -0.2) is 0 Å². The number of ketones is 1. The maximum absolute atomic E-state index is 12.9. The lowest BCUT2D eigenvalue weighted by molar-refractivity contribution is -0.186. The number of Topliss-reactive ketones (excluding diaryl/α,β-unsaturated/α-hetero) is 1. The molecule has 1 atom stereocenters. The van der Waals surface area contributed by atoms with Crippen molar-refractivity contribution in [2.45, 2.75) is 25.9 Å². The minimum atomic E-state index is -4.18. The summed E-state index contributed by atoms with van der Waals surface area (Å²) in [7, 11) is 0. The zero-order chi connectivity index (χ0) is 16.6. The average molecular weight is 324 g/mol. The highest BCUT2D eigenvalue weighted by molar-refractivity contribution is 6.10. The molecule has 1 unspecified atom stereocenters. The number of H-pyrrole nitrogens is 1. The fourth-order valence-corrected chi connectivity index (χ4v) is 3.38. The van der Waals surface area contributed by atoms with Gasteiger partial charge in [-0.1, -0.05) is 18.2 Å². The minimum absolute atomic E-state index is 0.0370. The molecule has 1 fully saturated rings. The number of nitrogens with zero attached hydrogens (tertiary/aromatic N) is 1. The van der Waals surface area contributed by atoms with Gasteiger partial charge in [0.25, 0.3) is 0 Å². The standard InChI is InChI=1S/C17H19F3N2O/c1-11-16(13-6-2-3-7-14(13)21-11)15(23)10-22-8-4-5-12(9-22)17(18,19)20/h2-3,6-7,12,21H,4-5,8-10H2,1H3. The lowest BCUT2D eigenvalue weighted by Gasteiger charge is -2.33. The van der Waals surface area contributed by atoms with Crippen LogP contribution in [0.25, 0.3) is 10.9 Å². The molecule has 0 amide bonds. The first kappa shape index (κ1) is 16.1. The Morgan fingerprint density at radius 1 is 1.35 bits per heavy atom. The van der Waals surface area contributed by atoms with Crippen LogP contribution in [0.5, 0.6) is 0 Å². The molecule has 1 aromatic carbocycles. The molecule has 1 saturated heterocycles. The normalized spacial score (nSPS) is 20.1. The van der Waals surface area contributed by atoms with E-state index in [1.165, 1.54) is 0 Å². The van der Waals surface area contributed by atoms with E-state index in [9.17, 15) is 18.0 Å². The number of aromatic amines is 1. The number of piperidine rings is 1. The van der Waals surface area contributed by atoms with Crippen LogP contribution in [0.4, 0.5) is 13.2 Å². The molecule has 6 heteroatoms. The maximum atomic E-state index is 12.9. The lowest BCUT2D eigenvalue weighted by Crippen LogP contribution is -2.43. The van der Waals surface area contributed by atoms with Crippen molar-refractivity contribution in [1.29, 1.82) is 0 Å². The molecule has 2 aromatic rings. The summed E-state index contributed by atoms with van der Waals surface area (Å²) in [5.41, 5.74) is 2.23. The van der Waals surface area contributed by atoms with E-state index in [1.54, 1.807) is 4.90 Å². The van der Waals surface area contributed by atoms with Crippen molar-refractivity contribution in [2.24, 2.45) is 5.92 Å². The number of carbonyl (C=O) groups excluding carboxylic acids is 1. The molecular weight excluding hydrogens is 305 g/mol. The van der Waals surface area contributed by atoms with E-state index in [2.05, 4.69) is 4.98 Å². The van der Waals surface area contributed by atoms with Gasteiger partial charge in [0, 0.05) is 28.7 Å². The van der Waals surface area contributed by atoms with E-state index in [0.29, 0.717) is 18.5 Å². The third-order valence-electron chi connectivity index (χ3n) is 4.51. The molecule has 1 aromatic heterocycles. The summed E-state index contributed by atoms with van der Waals surface area (Å²) < 4.78 is 38.6. The number of fused-ring (bicyclic) bond motifs is 1. The number of aryl methyl sites for hydroxylation is 1. The number of alkyl halides is 3. The van der Waals surface area contributed by atoms with Crippen molar-refractivity contribution in [1.82, 2.24) is 9.88 Å². The topological polar surface area (TPSA) is 36.1 Å². The van der Waals surface area contributed by atoms with E-state index in [0.717, 1.165) is 16.6 Å².